The Hall–Kier alpha value is -2.62. The third-order valence-electron chi connectivity index (χ3n) is 3.55. The largest absolute Gasteiger partial charge is 0.398 e. The Balaban J connectivity index is 2.36. The van der Waals surface area contributed by atoms with E-state index in [2.05, 4.69) is 0 Å². The van der Waals surface area contributed by atoms with Crippen molar-refractivity contribution in [3.05, 3.63) is 58.7 Å². The second kappa shape index (κ2) is 5.79. The molecule has 0 bridgehead atoms. The maximum atomic E-state index is 12.5. The highest BCUT2D eigenvalue weighted by atomic mass is 16.1. The van der Waals surface area contributed by atoms with Crippen molar-refractivity contribution in [1.29, 1.82) is 0 Å². The number of amides is 1. The van der Waals surface area contributed by atoms with Crippen LogP contribution in [0.2, 0.25) is 0 Å². The van der Waals surface area contributed by atoms with E-state index in [1.807, 2.05) is 19.9 Å². The third kappa shape index (κ3) is 2.94. The molecular weight excluding hydrogens is 264 g/mol. The van der Waals surface area contributed by atoms with Gasteiger partial charge in [0.15, 0.2) is 5.78 Å². The highest BCUT2D eigenvalue weighted by Gasteiger charge is 2.13. The van der Waals surface area contributed by atoms with Crippen LogP contribution in [-0.4, -0.2) is 19.2 Å². The number of benzene rings is 2. The van der Waals surface area contributed by atoms with Gasteiger partial charge in [-0.3, -0.25) is 9.59 Å². The van der Waals surface area contributed by atoms with Crippen molar-refractivity contribution in [2.75, 3.05) is 17.7 Å². The summed E-state index contributed by atoms with van der Waals surface area (Å²) in [7, 11) is 1.66. The molecule has 0 atom stereocenters. The van der Waals surface area contributed by atoms with Crippen LogP contribution in [0.3, 0.4) is 0 Å². The van der Waals surface area contributed by atoms with Crippen LogP contribution in [0, 0.1) is 13.8 Å². The van der Waals surface area contributed by atoms with E-state index in [0.29, 0.717) is 16.8 Å². The van der Waals surface area contributed by atoms with Crippen LogP contribution in [0.15, 0.2) is 36.4 Å². The molecule has 2 aromatic rings. The molecule has 21 heavy (non-hydrogen) atoms. The van der Waals surface area contributed by atoms with Crippen molar-refractivity contribution in [2.45, 2.75) is 13.8 Å². The molecule has 0 unspecified atom stereocenters. The smallest absolute Gasteiger partial charge is 0.213 e. The number of carbonyl (C=O) groups is 2. The summed E-state index contributed by atoms with van der Waals surface area (Å²) in [6.45, 7) is 3.81. The Morgan fingerprint density at radius 1 is 1.10 bits per heavy atom. The Kier molecular flexibility index (Phi) is 4.08. The van der Waals surface area contributed by atoms with Gasteiger partial charge < -0.3 is 10.6 Å². The summed E-state index contributed by atoms with van der Waals surface area (Å²) >= 11 is 0. The van der Waals surface area contributed by atoms with Crippen LogP contribution in [0.1, 0.15) is 27.0 Å². The zero-order valence-corrected chi connectivity index (χ0v) is 12.4. The van der Waals surface area contributed by atoms with Gasteiger partial charge in [-0.05, 0) is 55.3 Å². The fourth-order valence-corrected chi connectivity index (χ4v) is 2.18. The summed E-state index contributed by atoms with van der Waals surface area (Å²) in [5, 5.41) is 0. The van der Waals surface area contributed by atoms with Crippen molar-refractivity contribution >= 4 is 23.6 Å². The van der Waals surface area contributed by atoms with Gasteiger partial charge >= 0.3 is 0 Å². The van der Waals surface area contributed by atoms with Gasteiger partial charge in [-0.2, -0.15) is 0 Å². The number of ketones is 1. The van der Waals surface area contributed by atoms with Gasteiger partial charge in [-0.1, -0.05) is 6.07 Å². The number of anilines is 2. The summed E-state index contributed by atoms with van der Waals surface area (Å²) in [5.74, 6) is -0.0699. The molecule has 0 fully saturated rings. The van der Waals surface area contributed by atoms with Gasteiger partial charge in [0.05, 0.1) is 0 Å². The quantitative estimate of drug-likeness (QED) is 0.533. The zero-order chi connectivity index (χ0) is 15.6. The average Bonchev–Trinajstić information content (AvgIpc) is 2.49. The van der Waals surface area contributed by atoms with E-state index < -0.39 is 0 Å². The molecule has 0 radical (unpaired) electrons. The Bertz CT molecular complexity index is 691. The van der Waals surface area contributed by atoms with Crippen molar-refractivity contribution < 1.29 is 9.59 Å². The Morgan fingerprint density at radius 3 is 2.29 bits per heavy atom. The van der Waals surface area contributed by atoms with E-state index in [0.717, 1.165) is 23.2 Å². The first-order valence-corrected chi connectivity index (χ1v) is 6.63. The summed E-state index contributed by atoms with van der Waals surface area (Å²) < 4.78 is 0. The number of nitrogens with zero attached hydrogens (tertiary/aromatic N) is 1. The van der Waals surface area contributed by atoms with Crippen LogP contribution in [0.4, 0.5) is 11.4 Å². The third-order valence-corrected chi connectivity index (χ3v) is 3.55. The number of hydrogen-bond acceptors (Lipinski definition) is 3. The first-order chi connectivity index (χ1) is 9.93. The molecular formula is C17H18N2O2. The van der Waals surface area contributed by atoms with Gasteiger partial charge in [0.1, 0.15) is 0 Å². The van der Waals surface area contributed by atoms with Crippen LogP contribution in [0.25, 0.3) is 0 Å². The topological polar surface area (TPSA) is 63.4 Å². The predicted molar refractivity (Wildman–Crippen MR) is 84.7 cm³/mol. The Labute approximate surface area is 124 Å². The van der Waals surface area contributed by atoms with E-state index in [9.17, 15) is 9.59 Å². The Morgan fingerprint density at radius 2 is 1.71 bits per heavy atom. The molecule has 4 nitrogen and oxygen atoms in total. The molecule has 2 rings (SSSR count). The lowest BCUT2D eigenvalue weighted by molar-refractivity contribution is -0.107. The molecule has 108 valence electrons. The molecule has 1 amide bonds. The molecule has 0 aliphatic carbocycles. The molecule has 0 saturated carbocycles. The number of aryl methyl sites for hydroxylation is 2. The molecule has 2 N–H and O–H groups in total. The van der Waals surface area contributed by atoms with E-state index in [-0.39, 0.29) is 5.78 Å². The van der Waals surface area contributed by atoms with Gasteiger partial charge in [0.2, 0.25) is 6.41 Å². The average molecular weight is 282 g/mol. The fourth-order valence-electron chi connectivity index (χ4n) is 2.18. The fraction of sp³-hybridized carbons (Fsp3) is 0.176. The van der Waals surface area contributed by atoms with Crippen molar-refractivity contribution in [3.8, 4) is 0 Å². The van der Waals surface area contributed by atoms with Gasteiger partial charge in [0.25, 0.3) is 0 Å². The van der Waals surface area contributed by atoms with Crippen LogP contribution in [0.5, 0.6) is 0 Å². The molecule has 0 spiro atoms. The minimum absolute atomic E-state index is 0.0699. The normalized spacial score (nSPS) is 10.2. The summed E-state index contributed by atoms with van der Waals surface area (Å²) in [5.41, 5.74) is 10.3. The maximum Gasteiger partial charge on any atom is 0.213 e. The van der Waals surface area contributed by atoms with Crippen molar-refractivity contribution in [2.24, 2.45) is 0 Å². The second-order valence-corrected chi connectivity index (χ2v) is 5.12. The van der Waals surface area contributed by atoms with E-state index >= 15 is 0 Å². The monoisotopic (exact) mass is 282 g/mol. The van der Waals surface area contributed by atoms with Crippen LogP contribution in [-0.2, 0) is 4.79 Å². The van der Waals surface area contributed by atoms with E-state index in [1.165, 1.54) is 4.90 Å². The van der Waals surface area contributed by atoms with Gasteiger partial charge in [0, 0.05) is 29.5 Å². The lowest BCUT2D eigenvalue weighted by Gasteiger charge is -2.12. The van der Waals surface area contributed by atoms with Gasteiger partial charge in [-0.25, -0.2) is 0 Å². The second-order valence-electron chi connectivity index (χ2n) is 5.12. The molecule has 0 saturated heterocycles. The van der Waals surface area contributed by atoms with E-state index in [4.69, 9.17) is 5.73 Å². The van der Waals surface area contributed by atoms with Crippen molar-refractivity contribution in [3.63, 3.8) is 0 Å². The number of carbonyl (C=O) groups excluding carboxylic acids is 2. The molecule has 0 heterocycles. The highest BCUT2D eigenvalue weighted by Crippen LogP contribution is 2.22. The lowest BCUT2D eigenvalue weighted by Crippen LogP contribution is -2.13. The first-order valence-electron chi connectivity index (χ1n) is 6.63. The molecule has 2 aromatic carbocycles. The highest BCUT2D eigenvalue weighted by molar-refractivity contribution is 6.10. The molecule has 0 aliphatic heterocycles. The SMILES string of the molecule is Cc1cc(C)c(C(=O)c2ccc(N(C)C=O)cc2)cc1N. The number of rotatable bonds is 4. The molecule has 4 heteroatoms. The minimum atomic E-state index is -0.0699. The van der Waals surface area contributed by atoms with Crippen molar-refractivity contribution in [1.82, 2.24) is 0 Å². The van der Waals surface area contributed by atoms with E-state index in [1.54, 1.807) is 37.4 Å². The molecule has 0 aromatic heterocycles. The molecule has 0 aliphatic rings. The summed E-state index contributed by atoms with van der Waals surface area (Å²) in [6.07, 6.45) is 0.724. The maximum absolute atomic E-state index is 12.5. The number of hydrogen-bond donors (Lipinski definition) is 1. The lowest BCUT2D eigenvalue weighted by atomic mass is 9.96. The summed E-state index contributed by atoms with van der Waals surface area (Å²) in [6, 6.07) is 10.6. The van der Waals surface area contributed by atoms with Crippen LogP contribution < -0.4 is 10.6 Å². The number of nitrogens with two attached hydrogens (primary N) is 1. The zero-order valence-electron chi connectivity index (χ0n) is 12.4. The standard InChI is InChI=1S/C17H18N2O2/c1-11-8-12(2)16(18)9-15(11)17(21)13-4-6-14(7-5-13)19(3)10-20/h4-10H,18H2,1-3H3. The van der Waals surface area contributed by atoms with Crippen LogP contribution >= 0.6 is 0 Å². The van der Waals surface area contributed by atoms with Gasteiger partial charge in [-0.15, -0.1) is 0 Å². The first kappa shape index (κ1) is 14.8. The summed E-state index contributed by atoms with van der Waals surface area (Å²) in [4.78, 5) is 24.7. The minimum Gasteiger partial charge on any atom is -0.398 e. The number of nitrogen functional groups attached to an aromatic ring is 1. The predicted octanol–water partition coefficient (Wildman–Crippen LogP) is 2.71.